The lowest BCUT2D eigenvalue weighted by atomic mass is 9.95. The van der Waals surface area contributed by atoms with E-state index in [1.165, 1.54) is 27.2 Å². The fraction of sp³-hybridized carbons (Fsp3) is 0.467. The molecule has 3 rings (SSSR count). The van der Waals surface area contributed by atoms with Crippen LogP contribution in [0.5, 0.6) is 17.2 Å². The number of anilines is 1. The van der Waals surface area contributed by atoms with Gasteiger partial charge in [0.25, 0.3) is 0 Å². The van der Waals surface area contributed by atoms with Crippen LogP contribution in [0.2, 0.25) is 0 Å². The molecule has 0 saturated heterocycles. The summed E-state index contributed by atoms with van der Waals surface area (Å²) < 4.78 is 17.0. The third-order valence-corrected chi connectivity index (χ3v) is 7.04. The molecular formula is C30H39N3O8. The van der Waals surface area contributed by atoms with Gasteiger partial charge in [-0.15, -0.1) is 0 Å². The largest absolute Gasteiger partial charge is 0.493 e. The van der Waals surface area contributed by atoms with Gasteiger partial charge in [0.2, 0.25) is 23.0 Å². The number of hydrogen-bond acceptors (Lipinski definition) is 8. The Balaban J connectivity index is 2.14. The van der Waals surface area contributed by atoms with Crippen molar-refractivity contribution in [3.63, 3.8) is 0 Å². The van der Waals surface area contributed by atoms with Gasteiger partial charge >= 0.3 is 5.97 Å². The van der Waals surface area contributed by atoms with Gasteiger partial charge in [0.15, 0.2) is 11.5 Å². The van der Waals surface area contributed by atoms with Crippen molar-refractivity contribution in [3.05, 3.63) is 45.6 Å². The van der Waals surface area contributed by atoms with E-state index in [2.05, 4.69) is 16.0 Å². The summed E-state index contributed by atoms with van der Waals surface area (Å²) >= 11 is 0. The van der Waals surface area contributed by atoms with Crippen LogP contribution in [0.3, 0.4) is 0 Å². The highest BCUT2D eigenvalue weighted by molar-refractivity contribution is 5.86. The molecule has 222 valence electrons. The van der Waals surface area contributed by atoms with E-state index in [9.17, 15) is 19.2 Å². The number of nitrogens with one attached hydrogen (secondary N) is 3. The number of ether oxygens (including phenoxy) is 3. The fourth-order valence-corrected chi connectivity index (χ4v) is 5.09. The summed E-state index contributed by atoms with van der Waals surface area (Å²) in [4.78, 5) is 49.5. The molecule has 2 amide bonds. The first-order valence-corrected chi connectivity index (χ1v) is 13.6. The second-order valence-electron chi connectivity index (χ2n) is 10.3. The molecule has 0 unspecified atom stereocenters. The van der Waals surface area contributed by atoms with Crippen molar-refractivity contribution in [1.82, 2.24) is 10.6 Å². The molecule has 11 heteroatoms. The molecule has 0 aromatic heterocycles. The lowest BCUT2D eigenvalue weighted by Crippen LogP contribution is -2.44. The van der Waals surface area contributed by atoms with Crippen molar-refractivity contribution in [2.75, 3.05) is 33.2 Å². The third kappa shape index (κ3) is 7.27. The van der Waals surface area contributed by atoms with E-state index < -0.39 is 18.1 Å². The molecule has 1 aliphatic carbocycles. The second-order valence-corrected chi connectivity index (χ2v) is 10.3. The summed E-state index contributed by atoms with van der Waals surface area (Å²) in [5, 5.41) is 17.7. The molecule has 0 bridgehead atoms. The first-order valence-electron chi connectivity index (χ1n) is 13.6. The van der Waals surface area contributed by atoms with Gasteiger partial charge in [0.05, 0.1) is 33.1 Å². The molecule has 2 aromatic carbocycles. The van der Waals surface area contributed by atoms with Crippen LogP contribution in [0.15, 0.2) is 29.1 Å². The van der Waals surface area contributed by atoms with Crippen LogP contribution in [0.1, 0.15) is 57.2 Å². The molecular weight excluding hydrogens is 530 g/mol. The Morgan fingerprint density at radius 1 is 1.05 bits per heavy atom. The minimum atomic E-state index is -0.933. The van der Waals surface area contributed by atoms with Gasteiger partial charge in [-0.25, -0.2) is 0 Å². The Kier molecular flexibility index (Phi) is 10.6. The molecule has 0 heterocycles. The maximum atomic E-state index is 13.6. The van der Waals surface area contributed by atoms with Crippen molar-refractivity contribution < 1.29 is 33.7 Å². The van der Waals surface area contributed by atoms with Crippen LogP contribution in [0, 0.1) is 5.92 Å². The van der Waals surface area contributed by atoms with Crippen LogP contribution in [0.4, 0.5) is 5.69 Å². The minimum absolute atomic E-state index is 0.0537. The lowest BCUT2D eigenvalue weighted by molar-refractivity contribution is -0.137. The number of rotatable bonds is 12. The van der Waals surface area contributed by atoms with Crippen molar-refractivity contribution in [2.45, 2.75) is 58.5 Å². The number of carboxylic acids is 1. The Morgan fingerprint density at radius 2 is 1.76 bits per heavy atom. The molecule has 0 radical (unpaired) electrons. The first kappa shape index (κ1) is 31.3. The number of amides is 2. The predicted octanol–water partition coefficient (Wildman–Crippen LogP) is 3.28. The zero-order valence-electron chi connectivity index (χ0n) is 24.4. The maximum Gasteiger partial charge on any atom is 0.303 e. The van der Waals surface area contributed by atoms with Gasteiger partial charge in [-0.1, -0.05) is 19.9 Å². The fourth-order valence-electron chi connectivity index (χ4n) is 5.09. The number of aryl methyl sites for hydroxylation is 1. The third-order valence-electron chi connectivity index (χ3n) is 7.04. The second kappa shape index (κ2) is 13.9. The number of benzene rings is 1. The van der Waals surface area contributed by atoms with Gasteiger partial charge in [-0.05, 0) is 60.1 Å². The van der Waals surface area contributed by atoms with E-state index in [1.54, 1.807) is 19.2 Å². The molecule has 2 atom stereocenters. The number of carbonyl (C=O) groups is 3. The molecule has 0 fully saturated rings. The van der Waals surface area contributed by atoms with Gasteiger partial charge in [0.1, 0.15) is 6.04 Å². The summed E-state index contributed by atoms with van der Waals surface area (Å²) in [6.07, 6.45) is 1.34. The van der Waals surface area contributed by atoms with Crippen molar-refractivity contribution in [3.8, 4) is 28.4 Å². The highest BCUT2D eigenvalue weighted by atomic mass is 16.5. The summed E-state index contributed by atoms with van der Waals surface area (Å²) in [5.74, 6) is -0.323. The Labute approximate surface area is 239 Å². The molecule has 0 spiro atoms. The van der Waals surface area contributed by atoms with Crippen LogP contribution in [-0.2, 0) is 20.8 Å². The number of methoxy groups -OCH3 is 3. The minimum Gasteiger partial charge on any atom is -0.493 e. The standard InChI is InChI=1S/C30H39N3O8/c1-16(2)27(30(38)31-13-7-8-25(36)37)33-22-12-10-19-20(15-23(22)35)21(32-17(3)34)11-9-18-14-24(39-4)28(40-5)29(41-6)26(18)19/h10,12,14-16,21,27H,7-9,11,13H2,1-6H3,(H,31,38)(H,32,34)(H,33,35)(H,36,37)/t21-,27-/m1/s1. The molecule has 0 aliphatic heterocycles. The Morgan fingerprint density at radius 3 is 2.34 bits per heavy atom. The maximum absolute atomic E-state index is 13.6. The summed E-state index contributed by atoms with van der Waals surface area (Å²) in [5.41, 5.74) is 2.78. The summed E-state index contributed by atoms with van der Waals surface area (Å²) in [6, 6.07) is 5.59. The van der Waals surface area contributed by atoms with Crippen LogP contribution < -0.4 is 35.6 Å². The van der Waals surface area contributed by atoms with Gasteiger partial charge in [-0.3, -0.25) is 19.2 Å². The number of carboxylic acid groups (broad SMARTS) is 1. The predicted molar refractivity (Wildman–Crippen MR) is 155 cm³/mol. The van der Waals surface area contributed by atoms with Crippen molar-refractivity contribution >= 4 is 23.5 Å². The smallest absolute Gasteiger partial charge is 0.303 e. The normalized spacial score (nSPS) is 14.6. The lowest BCUT2D eigenvalue weighted by Gasteiger charge is -2.22. The van der Waals surface area contributed by atoms with E-state index >= 15 is 0 Å². The van der Waals surface area contributed by atoms with E-state index in [-0.39, 0.29) is 41.8 Å². The number of carbonyl (C=O) groups excluding carboxylic acids is 2. The van der Waals surface area contributed by atoms with Crippen LogP contribution in [-0.4, -0.2) is 56.8 Å². The van der Waals surface area contributed by atoms with Gasteiger partial charge < -0.3 is 35.3 Å². The summed E-state index contributed by atoms with van der Waals surface area (Å²) in [7, 11) is 4.60. The molecule has 41 heavy (non-hydrogen) atoms. The number of hydrogen-bond donors (Lipinski definition) is 4. The highest BCUT2D eigenvalue weighted by Gasteiger charge is 2.30. The molecule has 0 saturated carbocycles. The molecule has 2 aromatic rings. The topological polar surface area (TPSA) is 152 Å². The molecule has 1 aliphatic rings. The Bertz CT molecular complexity index is 1360. The first-order chi connectivity index (χ1) is 19.5. The van der Waals surface area contributed by atoms with E-state index in [0.717, 1.165) is 11.1 Å². The summed E-state index contributed by atoms with van der Waals surface area (Å²) in [6.45, 7) is 5.34. The van der Waals surface area contributed by atoms with E-state index in [1.807, 2.05) is 19.9 Å². The quantitative estimate of drug-likeness (QED) is 0.282. The van der Waals surface area contributed by atoms with Gasteiger partial charge in [-0.2, -0.15) is 0 Å². The van der Waals surface area contributed by atoms with Crippen LogP contribution >= 0.6 is 0 Å². The zero-order valence-corrected chi connectivity index (χ0v) is 24.4. The van der Waals surface area contributed by atoms with Crippen LogP contribution in [0.25, 0.3) is 11.1 Å². The SMILES string of the molecule is COc1cc2c(c(OC)c1OC)-c1ccc(N[C@@H](C(=O)NCCCC(=O)O)C(C)C)c(=O)cc1[C@H](NC(C)=O)CC2. The van der Waals surface area contributed by atoms with E-state index in [0.29, 0.717) is 47.6 Å². The number of aliphatic carboxylic acids is 1. The zero-order chi connectivity index (χ0) is 30.3. The highest BCUT2D eigenvalue weighted by Crippen LogP contribution is 2.50. The molecule has 4 N–H and O–H groups in total. The van der Waals surface area contributed by atoms with Crippen molar-refractivity contribution in [2.24, 2.45) is 5.92 Å². The molecule has 11 nitrogen and oxygen atoms in total. The average molecular weight is 570 g/mol. The average Bonchev–Trinajstić information content (AvgIpc) is 3.16. The monoisotopic (exact) mass is 569 g/mol. The Hall–Kier alpha value is -4.28. The number of fused-ring (bicyclic) bond motifs is 3. The van der Waals surface area contributed by atoms with Gasteiger partial charge in [0, 0.05) is 25.5 Å². The van der Waals surface area contributed by atoms with E-state index in [4.69, 9.17) is 19.3 Å². The van der Waals surface area contributed by atoms with Crippen molar-refractivity contribution in [1.29, 1.82) is 0 Å².